The van der Waals surface area contributed by atoms with Gasteiger partial charge in [-0.25, -0.2) is 0 Å². The molecule has 0 atom stereocenters. The first-order valence-electron chi connectivity index (χ1n) is 9.17. The van der Waals surface area contributed by atoms with Gasteiger partial charge in [-0.15, -0.1) is 11.3 Å². The van der Waals surface area contributed by atoms with Crippen molar-refractivity contribution in [1.82, 2.24) is 14.8 Å². The average Bonchev–Trinajstić information content (AvgIpc) is 3.29. The summed E-state index contributed by atoms with van der Waals surface area (Å²) in [7, 11) is 5.17. The van der Waals surface area contributed by atoms with Gasteiger partial charge in [0.05, 0.1) is 11.1 Å². The van der Waals surface area contributed by atoms with Crippen LogP contribution in [0.2, 0.25) is 0 Å². The predicted octanol–water partition coefficient (Wildman–Crippen LogP) is 3.85. The number of amides is 1. The average molecular weight is 453 g/mol. The normalized spacial score (nSPS) is 11.8. The summed E-state index contributed by atoms with van der Waals surface area (Å²) >= 11 is 1.53. The first-order chi connectivity index (χ1) is 14.5. The second-order valence-corrected chi connectivity index (χ2v) is 8.51. The molecule has 2 aromatic heterocycles. The number of H-pyrrole nitrogens is 1. The van der Waals surface area contributed by atoms with Crippen LogP contribution in [-0.2, 0) is 19.3 Å². The van der Waals surface area contributed by atoms with E-state index in [9.17, 15) is 18.0 Å². The predicted molar refractivity (Wildman–Crippen MR) is 113 cm³/mol. The second kappa shape index (κ2) is 8.60. The molecular weight excluding hydrogens is 431 g/mol. The molecule has 0 saturated carbocycles. The third-order valence-electron chi connectivity index (χ3n) is 4.48. The van der Waals surface area contributed by atoms with E-state index in [0.717, 1.165) is 33.3 Å². The van der Waals surface area contributed by atoms with Gasteiger partial charge in [-0.3, -0.25) is 15.1 Å². The monoisotopic (exact) mass is 453 g/mol. The topological polar surface area (TPSA) is 98.4 Å². The number of fused-ring (bicyclic) bond motifs is 1. The largest absolute Gasteiger partial charge is 0.488 e. The van der Waals surface area contributed by atoms with E-state index in [1.807, 2.05) is 31.1 Å². The molecule has 0 bridgehead atoms. The zero-order valence-electron chi connectivity index (χ0n) is 17.1. The van der Waals surface area contributed by atoms with Crippen LogP contribution in [0.25, 0.3) is 10.9 Å². The first-order valence-corrected chi connectivity index (χ1v) is 9.98. The Morgan fingerprint density at radius 3 is 2.48 bits per heavy atom. The fourth-order valence-corrected chi connectivity index (χ4v) is 4.03. The van der Waals surface area contributed by atoms with Crippen LogP contribution in [-0.4, -0.2) is 47.8 Å². The molecular formula is C20H22F3N5O2S. The van der Waals surface area contributed by atoms with Gasteiger partial charge in [0.15, 0.2) is 5.96 Å². The zero-order valence-corrected chi connectivity index (χ0v) is 17.9. The smallest absolute Gasteiger partial charge is 0.417 e. The van der Waals surface area contributed by atoms with Crippen LogP contribution in [0.1, 0.15) is 25.8 Å². The van der Waals surface area contributed by atoms with Gasteiger partial charge in [-0.1, -0.05) is 0 Å². The number of carbonyl (C=O) groups excluding carboxylic acids is 1. The van der Waals surface area contributed by atoms with Crippen molar-refractivity contribution in [1.29, 1.82) is 5.41 Å². The lowest BCUT2D eigenvalue weighted by Crippen LogP contribution is -2.38. The van der Waals surface area contributed by atoms with Crippen molar-refractivity contribution in [2.24, 2.45) is 5.73 Å². The minimum Gasteiger partial charge on any atom is -0.488 e. The molecule has 1 amide bonds. The van der Waals surface area contributed by atoms with Crippen molar-refractivity contribution >= 4 is 34.1 Å². The third-order valence-corrected chi connectivity index (χ3v) is 5.53. The first kappa shape index (κ1) is 22.6. The highest BCUT2D eigenvalue weighted by Crippen LogP contribution is 2.38. The van der Waals surface area contributed by atoms with E-state index in [1.54, 1.807) is 0 Å². The molecule has 0 saturated heterocycles. The van der Waals surface area contributed by atoms with Gasteiger partial charge < -0.3 is 20.4 Å². The summed E-state index contributed by atoms with van der Waals surface area (Å²) in [5.41, 5.74) is 4.36. The van der Waals surface area contributed by atoms with Gasteiger partial charge in [0, 0.05) is 34.8 Å². The molecule has 11 heteroatoms. The number of aromatic amines is 1. The number of carbonyl (C=O) groups is 1. The van der Waals surface area contributed by atoms with Crippen LogP contribution in [0.5, 0.6) is 5.75 Å². The van der Waals surface area contributed by atoms with E-state index in [1.165, 1.54) is 24.5 Å². The highest BCUT2D eigenvalue weighted by molar-refractivity contribution is 7.11. The molecule has 0 aliphatic rings. The summed E-state index contributed by atoms with van der Waals surface area (Å²) in [6.07, 6.45) is -4.64. The van der Waals surface area contributed by atoms with Crippen LogP contribution in [0.4, 0.5) is 13.2 Å². The Hall–Kier alpha value is -3.05. The molecule has 0 unspecified atom stereocenters. The molecule has 0 aliphatic carbocycles. The molecule has 4 N–H and O–H groups in total. The van der Waals surface area contributed by atoms with Crippen molar-refractivity contribution in [2.75, 3.05) is 21.1 Å². The summed E-state index contributed by atoms with van der Waals surface area (Å²) in [6, 6.07) is 7.30. The number of nitrogens with one attached hydrogen (secondary N) is 2. The van der Waals surface area contributed by atoms with Gasteiger partial charge in [0.2, 0.25) is 0 Å². The lowest BCUT2D eigenvalue weighted by Gasteiger charge is -2.12. The third kappa shape index (κ3) is 5.17. The molecule has 3 aromatic rings. The van der Waals surface area contributed by atoms with Crippen LogP contribution in [0.3, 0.4) is 0 Å². The van der Waals surface area contributed by atoms with Gasteiger partial charge in [0.25, 0.3) is 5.91 Å². The minimum absolute atomic E-state index is 0.0307. The molecule has 2 heterocycles. The lowest BCUT2D eigenvalue weighted by molar-refractivity contribution is -0.136. The van der Waals surface area contributed by atoms with Crippen LogP contribution < -0.4 is 10.5 Å². The Morgan fingerprint density at radius 1 is 1.19 bits per heavy atom. The second-order valence-electron chi connectivity index (χ2n) is 7.26. The number of hydrogen-bond acceptors (Lipinski definition) is 5. The summed E-state index contributed by atoms with van der Waals surface area (Å²) in [4.78, 5) is 19.9. The van der Waals surface area contributed by atoms with E-state index < -0.39 is 23.6 Å². The number of benzene rings is 1. The van der Waals surface area contributed by atoms with Gasteiger partial charge in [-0.05, 0) is 38.4 Å². The highest BCUT2D eigenvalue weighted by atomic mass is 32.1. The van der Waals surface area contributed by atoms with E-state index >= 15 is 0 Å². The van der Waals surface area contributed by atoms with Gasteiger partial charge in [0.1, 0.15) is 18.1 Å². The number of aromatic nitrogens is 1. The SMILES string of the molecule is CN(C)Cc1ccc(COc2cc(C(F)(F)F)c3cc(C(=O)N(C)C(=N)N)[nH]c3c2)s1. The van der Waals surface area contributed by atoms with Gasteiger partial charge >= 0.3 is 6.18 Å². The summed E-state index contributed by atoms with van der Waals surface area (Å²) in [6.45, 7) is 0.892. The molecule has 0 radical (unpaired) electrons. The standard InChI is InChI=1S/C20H22F3N5O2S/c1-27(2)9-12-4-5-13(31-12)10-30-11-6-15(20(21,22)23)14-8-17(26-16(14)7-11)18(29)28(3)19(24)25/h4-8,26H,9-10H2,1-3H3,(H3,24,25). The van der Waals surface area contributed by atoms with E-state index in [-0.39, 0.29) is 29.0 Å². The van der Waals surface area contributed by atoms with E-state index in [2.05, 4.69) is 4.98 Å². The number of ether oxygens (including phenoxy) is 1. The van der Waals surface area contributed by atoms with E-state index in [0.29, 0.717) is 0 Å². The molecule has 31 heavy (non-hydrogen) atoms. The summed E-state index contributed by atoms with van der Waals surface area (Å²) in [5, 5.41) is 7.17. The Kier molecular flexibility index (Phi) is 6.27. The van der Waals surface area contributed by atoms with E-state index in [4.69, 9.17) is 15.9 Å². The molecule has 0 fully saturated rings. The Labute approximate surface area is 180 Å². The van der Waals surface area contributed by atoms with Crippen molar-refractivity contribution in [3.63, 3.8) is 0 Å². The summed E-state index contributed by atoms with van der Waals surface area (Å²) in [5.74, 6) is -1.21. The maximum Gasteiger partial charge on any atom is 0.417 e. The van der Waals surface area contributed by atoms with Gasteiger partial charge in [-0.2, -0.15) is 13.2 Å². The number of alkyl halides is 3. The lowest BCUT2D eigenvalue weighted by atomic mass is 10.1. The molecule has 3 rings (SSSR count). The molecule has 0 aliphatic heterocycles. The van der Waals surface area contributed by atoms with Crippen molar-refractivity contribution < 1.29 is 22.7 Å². The number of guanidine groups is 1. The number of thiophene rings is 1. The number of nitrogens with two attached hydrogens (primary N) is 1. The van der Waals surface area contributed by atoms with Crippen molar-refractivity contribution in [3.05, 3.63) is 51.3 Å². The highest BCUT2D eigenvalue weighted by Gasteiger charge is 2.34. The fraction of sp³-hybridized carbons (Fsp3) is 0.300. The number of rotatable bonds is 6. The molecule has 7 nitrogen and oxygen atoms in total. The zero-order chi connectivity index (χ0) is 22.9. The number of hydrogen-bond donors (Lipinski definition) is 3. The van der Waals surface area contributed by atoms with Crippen molar-refractivity contribution in [2.45, 2.75) is 19.3 Å². The Balaban J connectivity index is 1.91. The van der Waals surface area contributed by atoms with Crippen LogP contribution in [0.15, 0.2) is 30.3 Å². The minimum atomic E-state index is -4.64. The molecule has 0 spiro atoms. The molecule has 1 aromatic carbocycles. The quantitative estimate of drug-likeness (QED) is 0.390. The van der Waals surface area contributed by atoms with Crippen LogP contribution >= 0.6 is 11.3 Å². The summed E-state index contributed by atoms with van der Waals surface area (Å²) < 4.78 is 46.6. The Morgan fingerprint density at radius 2 is 1.87 bits per heavy atom. The number of halogens is 3. The maximum absolute atomic E-state index is 13.7. The van der Waals surface area contributed by atoms with Crippen molar-refractivity contribution in [3.8, 4) is 5.75 Å². The number of nitrogens with zero attached hydrogens (tertiary/aromatic N) is 2. The fourth-order valence-electron chi connectivity index (χ4n) is 2.99. The molecule has 166 valence electrons. The maximum atomic E-state index is 13.7. The Bertz CT molecular complexity index is 1120. The van der Waals surface area contributed by atoms with Crippen LogP contribution in [0, 0.1) is 5.41 Å².